The van der Waals surface area contributed by atoms with Gasteiger partial charge in [0.15, 0.2) is 0 Å². The summed E-state index contributed by atoms with van der Waals surface area (Å²) in [4.78, 5) is 19.5. The summed E-state index contributed by atoms with van der Waals surface area (Å²) >= 11 is 9.30. The molecule has 2 aromatic rings. The highest BCUT2D eigenvalue weighted by Gasteiger charge is 2.16. The molecule has 0 fully saturated rings. The van der Waals surface area contributed by atoms with Crippen LogP contribution in [0.3, 0.4) is 0 Å². The van der Waals surface area contributed by atoms with Gasteiger partial charge in [-0.2, -0.15) is 0 Å². The molecule has 134 valence electrons. The van der Waals surface area contributed by atoms with E-state index in [1.807, 2.05) is 42.5 Å². The summed E-state index contributed by atoms with van der Waals surface area (Å²) in [6.07, 6.45) is 6.81. The van der Waals surface area contributed by atoms with E-state index < -0.39 is 0 Å². The van der Waals surface area contributed by atoms with E-state index in [1.165, 1.54) is 34.8 Å². The number of aryl methyl sites for hydroxylation is 3. The molecule has 1 N–H and O–H groups in total. The van der Waals surface area contributed by atoms with E-state index in [2.05, 4.69) is 5.32 Å². The van der Waals surface area contributed by atoms with Crippen LogP contribution in [0.2, 0.25) is 5.02 Å². The van der Waals surface area contributed by atoms with Crippen molar-refractivity contribution in [2.45, 2.75) is 55.6 Å². The number of aromatic nitrogens is 1. The first-order valence-electron chi connectivity index (χ1n) is 8.79. The Kier molecular flexibility index (Phi) is 6.79. The first-order chi connectivity index (χ1) is 12.1. The predicted octanol–water partition coefficient (Wildman–Crippen LogP) is 4.90. The molecule has 3 rings (SSSR count). The van der Waals surface area contributed by atoms with Crippen LogP contribution in [0.15, 0.2) is 29.2 Å². The van der Waals surface area contributed by atoms with Gasteiger partial charge < -0.3 is 5.32 Å². The van der Waals surface area contributed by atoms with Crippen molar-refractivity contribution in [2.75, 3.05) is 6.54 Å². The van der Waals surface area contributed by atoms with Crippen molar-refractivity contribution in [3.63, 3.8) is 0 Å². The number of nitrogens with one attached hydrogen (secondary N) is 1. The Morgan fingerprint density at radius 3 is 2.84 bits per heavy atom. The van der Waals surface area contributed by atoms with Crippen LogP contribution in [-0.4, -0.2) is 22.7 Å². The first kappa shape index (κ1) is 18.7. The number of benzene rings is 1. The van der Waals surface area contributed by atoms with Gasteiger partial charge in [0.2, 0.25) is 5.91 Å². The maximum absolute atomic E-state index is 12.2. The molecular weight excluding hydrogens is 372 g/mol. The Morgan fingerprint density at radius 1 is 1.32 bits per heavy atom. The van der Waals surface area contributed by atoms with Gasteiger partial charge in [-0.25, -0.2) is 4.98 Å². The maximum atomic E-state index is 12.2. The summed E-state index contributed by atoms with van der Waals surface area (Å²) in [7, 11) is 0. The van der Waals surface area contributed by atoms with E-state index in [4.69, 9.17) is 16.6 Å². The van der Waals surface area contributed by atoms with Crippen LogP contribution in [0.25, 0.3) is 0 Å². The molecule has 1 aliphatic rings. The standard InChI is InChI=1S/C19H23ClN2OS2/c1-13(24-15-10-8-14(20)9-11-15)19(23)21-12-4-7-18-22-16-5-2-3-6-17(16)25-18/h8-11,13H,2-7,12H2,1H3,(H,21,23). The van der Waals surface area contributed by atoms with Gasteiger partial charge in [0.1, 0.15) is 0 Å². The number of hydrogen-bond donors (Lipinski definition) is 1. The fourth-order valence-corrected chi connectivity index (χ4v) is 5.09. The second-order valence-corrected chi connectivity index (χ2v) is 9.31. The molecule has 3 nitrogen and oxygen atoms in total. The second kappa shape index (κ2) is 9.06. The van der Waals surface area contributed by atoms with Crippen LogP contribution in [-0.2, 0) is 24.1 Å². The lowest BCUT2D eigenvalue weighted by atomic mass is 10.0. The van der Waals surface area contributed by atoms with Gasteiger partial charge in [-0.3, -0.25) is 4.79 Å². The van der Waals surface area contributed by atoms with E-state index >= 15 is 0 Å². The highest BCUT2D eigenvalue weighted by Crippen LogP contribution is 2.27. The number of fused-ring (bicyclic) bond motifs is 1. The van der Waals surface area contributed by atoms with E-state index in [1.54, 1.807) is 11.8 Å². The van der Waals surface area contributed by atoms with Gasteiger partial charge in [0.25, 0.3) is 0 Å². The molecule has 1 unspecified atom stereocenters. The zero-order valence-electron chi connectivity index (χ0n) is 14.4. The lowest BCUT2D eigenvalue weighted by molar-refractivity contribution is -0.120. The topological polar surface area (TPSA) is 42.0 Å². The molecule has 1 heterocycles. The zero-order chi connectivity index (χ0) is 17.6. The first-order valence-corrected chi connectivity index (χ1v) is 10.9. The van der Waals surface area contributed by atoms with Crippen molar-refractivity contribution in [3.8, 4) is 0 Å². The van der Waals surface area contributed by atoms with Gasteiger partial charge in [-0.1, -0.05) is 11.6 Å². The quantitative estimate of drug-likeness (QED) is 0.536. The second-order valence-electron chi connectivity index (χ2n) is 6.29. The molecular formula is C19H23ClN2OS2. The summed E-state index contributed by atoms with van der Waals surface area (Å²) in [5.41, 5.74) is 1.32. The van der Waals surface area contributed by atoms with Crippen molar-refractivity contribution in [1.82, 2.24) is 10.3 Å². The highest BCUT2D eigenvalue weighted by molar-refractivity contribution is 8.00. The molecule has 1 aromatic heterocycles. The average molecular weight is 395 g/mol. The Bertz CT molecular complexity index is 691. The van der Waals surface area contributed by atoms with Crippen LogP contribution in [0.1, 0.15) is 41.8 Å². The third-order valence-corrected chi connectivity index (χ3v) is 6.83. The van der Waals surface area contributed by atoms with Crippen molar-refractivity contribution < 1.29 is 4.79 Å². The molecule has 25 heavy (non-hydrogen) atoms. The number of carbonyl (C=O) groups is 1. The molecule has 0 saturated carbocycles. The minimum absolute atomic E-state index is 0.0818. The highest BCUT2D eigenvalue weighted by atomic mass is 35.5. The van der Waals surface area contributed by atoms with Crippen LogP contribution in [0.4, 0.5) is 0 Å². The van der Waals surface area contributed by atoms with Crippen LogP contribution < -0.4 is 5.32 Å². The summed E-state index contributed by atoms with van der Waals surface area (Å²) < 4.78 is 0. The third-order valence-electron chi connectivity index (χ3n) is 4.25. The molecule has 1 aliphatic carbocycles. The van der Waals surface area contributed by atoms with Crippen LogP contribution in [0.5, 0.6) is 0 Å². The number of rotatable bonds is 7. The SMILES string of the molecule is CC(Sc1ccc(Cl)cc1)C(=O)NCCCc1nc2c(s1)CCCC2. The van der Waals surface area contributed by atoms with Crippen molar-refractivity contribution in [1.29, 1.82) is 0 Å². The molecule has 0 saturated heterocycles. The average Bonchev–Trinajstić information content (AvgIpc) is 3.03. The Labute approximate surface area is 162 Å². The van der Waals surface area contributed by atoms with Crippen molar-refractivity contribution in [3.05, 3.63) is 44.9 Å². The fraction of sp³-hybridized carbons (Fsp3) is 0.474. The van der Waals surface area contributed by atoms with E-state index in [-0.39, 0.29) is 11.2 Å². The monoisotopic (exact) mass is 394 g/mol. The van der Waals surface area contributed by atoms with E-state index in [9.17, 15) is 4.79 Å². The minimum Gasteiger partial charge on any atom is -0.355 e. The van der Waals surface area contributed by atoms with Gasteiger partial charge in [0.05, 0.1) is 16.0 Å². The number of carbonyl (C=O) groups excluding carboxylic acids is 1. The van der Waals surface area contributed by atoms with Gasteiger partial charge in [0, 0.05) is 27.8 Å². The summed E-state index contributed by atoms with van der Waals surface area (Å²) in [6.45, 7) is 2.64. The van der Waals surface area contributed by atoms with Gasteiger partial charge in [-0.05, 0) is 63.3 Å². The smallest absolute Gasteiger partial charge is 0.233 e. The molecule has 1 atom stereocenters. The molecule has 0 spiro atoms. The Hall–Kier alpha value is -1.04. The number of nitrogens with zero attached hydrogens (tertiary/aromatic N) is 1. The molecule has 0 bridgehead atoms. The molecule has 0 aliphatic heterocycles. The number of thioether (sulfide) groups is 1. The minimum atomic E-state index is -0.117. The molecule has 0 radical (unpaired) electrons. The van der Waals surface area contributed by atoms with Crippen molar-refractivity contribution >= 4 is 40.6 Å². The predicted molar refractivity (Wildman–Crippen MR) is 107 cm³/mol. The molecule has 6 heteroatoms. The summed E-state index contributed by atoms with van der Waals surface area (Å²) in [5, 5.41) is 4.86. The zero-order valence-corrected chi connectivity index (χ0v) is 16.8. The van der Waals surface area contributed by atoms with Gasteiger partial charge in [-0.15, -0.1) is 23.1 Å². The summed E-state index contributed by atoms with van der Waals surface area (Å²) in [5.74, 6) is 0.0818. The van der Waals surface area contributed by atoms with Crippen LogP contribution in [0, 0.1) is 0 Å². The molecule has 1 aromatic carbocycles. The number of thiazole rings is 1. The maximum Gasteiger partial charge on any atom is 0.233 e. The number of hydrogen-bond acceptors (Lipinski definition) is 4. The number of amides is 1. The van der Waals surface area contributed by atoms with E-state index in [0.29, 0.717) is 11.6 Å². The lowest BCUT2D eigenvalue weighted by Gasteiger charge is -2.11. The van der Waals surface area contributed by atoms with Gasteiger partial charge >= 0.3 is 0 Å². The fourth-order valence-electron chi connectivity index (χ4n) is 2.88. The Morgan fingerprint density at radius 2 is 2.08 bits per heavy atom. The largest absolute Gasteiger partial charge is 0.355 e. The molecule has 1 amide bonds. The summed E-state index contributed by atoms with van der Waals surface area (Å²) in [6, 6.07) is 7.59. The van der Waals surface area contributed by atoms with Crippen molar-refractivity contribution in [2.24, 2.45) is 0 Å². The number of halogens is 1. The third kappa shape index (κ3) is 5.47. The Balaban J connectivity index is 1.38. The normalized spacial score (nSPS) is 14.8. The van der Waals surface area contributed by atoms with Crippen LogP contribution >= 0.6 is 34.7 Å². The lowest BCUT2D eigenvalue weighted by Crippen LogP contribution is -2.31. The van der Waals surface area contributed by atoms with E-state index in [0.717, 1.165) is 24.2 Å².